The van der Waals surface area contributed by atoms with Crippen molar-refractivity contribution >= 4 is 11.6 Å². The Labute approximate surface area is 166 Å². The maximum Gasteiger partial charge on any atom is 0.246 e. The molecule has 2 aromatic rings. The molecule has 0 spiro atoms. The van der Waals surface area contributed by atoms with Crippen LogP contribution in [0.25, 0.3) is 0 Å². The van der Waals surface area contributed by atoms with Crippen LogP contribution in [-0.4, -0.2) is 41.5 Å². The van der Waals surface area contributed by atoms with E-state index in [0.29, 0.717) is 6.04 Å². The number of amides is 1. The van der Waals surface area contributed by atoms with E-state index in [2.05, 4.69) is 40.9 Å². The van der Waals surface area contributed by atoms with Crippen molar-refractivity contribution in [3.63, 3.8) is 0 Å². The number of anilines is 1. The van der Waals surface area contributed by atoms with E-state index in [4.69, 9.17) is 4.74 Å². The Hall–Kier alpha value is -3.21. The number of para-hydroxylation sites is 1. The second-order valence-corrected chi connectivity index (χ2v) is 7.22. The number of carbonyl (C=O) groups excluding carboxylic acids is 1. The molecule has 2 aromatic carbocycles. The van der Waals surface area contributed by atoms with E-state index in [1.807, 2.05) is 48.2 Å². The topological polar surface area (TPSA) is 36.0 Å². The molecule has 0 radical (unpaired) electrons. The standard InChI is InChI=1S/C23H25N3O2/c1-3-23(27)24-13-12-20(16-24)26-15-14-25(17-26)19-8-10-21(11-9-19)28-22-7-5-4-6-18(22)2/h3-11,14-15,20H,1,12-13,16-17H2,2H3. The number of likely N-dealkylation sites (tertiary alicyclic amines) is 1. The number of carbonyl (C=O) groups is 1. The van der Waals surface area contributed by atoms with E-state index in [-0.39, 0.29) is 5.91 Å². The summed E-state index contributed by atoms with van der Waals surface area (Å²) in [5, 5.41) is 0. The fourth-order valence-corrected chi connectivity index (χ4v) is 3.69. The van der Waals surface area contributed by atoms with Crippen molar-refractivity contribution in [1.82, 2.24) is 9.80 Å². The van der Waals surface area contributed by atoms with Gasteiger partial charge in [0.15, 0.2) is 0 Å². The summed E-state index contributed by atoms with van der Waals surface area (Å²) in [4.78, 5) is 18.2. The Morgan fingerprint density at radius 1 is 1.14 bits per heavy atom. The van der Waals surface area contributed by atoms with Gasteiger partial charge in [0.25, 0.3) is 0 Å². The molecule has 1 fully saturated rings. The van der Waals surface area contributed by atoms with Gasteiger partial charge in [-0.1, -0.05) is 24.8 Å². The van der Waals surface area contributed by atoms with E-state index in [1.165, 1.54) is 6.08 Å². The third kappa shape index (κ3) is 3.74. The highest BCUT2D eigenvalue weighted by atomic mass is 16.5. The summed E-state index contributed by atoms with van der Waals surface area (Å²) >= 11 is 0. The van der Waals surface area contributed by atoms with Crippen LogP contribution in [0.3, 0.4) is 0 Å². The monoisotopic (exact) mass is 375 g/mol. The van der Waals surface area contributed by atoms with Gasteiger partial charge in [-0.25, -0.2) is 0 Å². The Morgan fingerprint density at radius 2 is 1.93 bits per heavy atom. The van der Waals surface area contributed by atoms with E-state index in [9.17, 15) is 4.79 Å². The van der Waals surface area contributed by atoms with Crippen LogP contribution in [0.4, 0.5) is 5.69 Å². The Kier molecular flexibility index (Phi) is 5.06. The molecule has 2 aliphatic heterocycles. The summed E-state index contributed by atoms with van der Waals surface area (Å²) in [6.07, 6.45) is 6.59. The first-order valence-electron chi connectivity index (χ1n) is 9.59. The second kappa shape index (κ2) is 7.80. The molecule has 144 valence electrons. The molecule has 5 nitrogen and oxygen atoms in total. The third-order valence-electron chi connectivity index (χ3n) is 5.36. The van der Waals surface area contributed by atoms with E-state index in [1.54, 1.807) is 0 Å². The van der Waals surface area contributed by atoms with Crippen LogP contribution in [0, 0.1) is 6.92 Å². The van der Waals surface area contributed by atoms with Gasteiger partial charge in [-0.2, -0.15) is 0 Å². The average molecular weight is 375 g/mol. The summed E-state index contributed by atoms with van der Waals surface area (Å²) in [5.41, 5.74) is 2.23. The molecule has 2 heterocycles. The largest absolute Gasteiger partial charge is 0.457 e. The quantitative estimate of drug-likeness (QED) is 0.737. The number of aryl methyl sites for hydroxylation is 1. The first-order valence-corrected chi connectivity index (χ1v) is 9.59. The lowest BCUT2D eigenvalue weighted by Gasteiger charge is -2.26. The van der Waals surface area contributed by atoms with Crippen LogP contribution in [-0.2, 0) is 4.79 Å². The van der Waals surface area contributed by atoms with E-state index >= 15 is 0 Å². The number of hydrogen-bond acceptors (Lipinski definition) is 4. The molecular formula is C23H25N3O2. The SMILES string of the molecule is C=CC(=O)N1CCC(N2C=CN(c3ccc(Oc4ccccc4C)cc3)C2)C1. The molecule has 1 saturated heterocycles. The van der Waals surface area contributed by atoms with Gasteiger partial charge in [-0.3, -0.25) is 4.79 Å². The average Bonchev–Trinajstić information content (AvgIpc) is 3.39. The summed E-state index contributed by atoms with van der Waals surface area (Å²) in [6, 6.07) is 16.5. The highest BCUT2D eigenvalue weighted by Crippen LogP contribution is 2.29. The molecule has 0 aromatic heterocycles. The number of rotatable bonds is 5. The summed E-state index contributed by atoms with van der Waals surface area (Å²) < 4.78 is 5.98. The Morgan fingerprint density at radius 3 is 2.68 bits per heavy atom. The molecule has 0 bridgehead atoms. The van der Waals surface area contributed by atoms with Gasteiger partial charge >= 0.3 is 0 Å². The van der Waals surface area contributed by atoms with Crippen LogP contribution in [0.2, 0.25) is 0 Å². The Bertz CT molecular complexity index is 891. The van der Waals surface area contributed by atoms with Gasteiger partial charge in [0, 0.05) is 37.2 Å². The van der Waals surface area contributed by atoms with Gasteiger partial charge in [0.05, 0.1) is 6.67 Å². The maximum atomic E-state index is 11.8. The highest BCUT2D eigenvalue weighted by Gasteiger charge is 2.30. The highest BCUT2D eigenvalue weighted by molar-refractivity contribution is 5.87. The van der Waals surface area contributed by atoms with Crippen molar-refractivity contribution in [1.29, 1.82) is 0 Å². The van der Waals surface area contributed by atoms with Crippen molar-refractivity contribution in [2.24, 2.45) is 0 Å². The zero-order chi connectivity index (χ0) is 19.5. The minimum Gasteiger partial charge on any atom is -0.457 e. The van der Waals surface area contributed by atoms with Crippen LogP contribution in [0.15, 0.2) is 73.6 Å². The first-order chi connectivity index (χ1) is 13.6. The van der Waals surface area contributed by atoms with Gasteiger partial charge in [-0.05, 0) is 55.3 Å². The van der Waals surface area contributed by atoms with Gasteiger partial charge < -0.3 is 19.4 Å². The molecule has 28 heavy (non-hydrogen) atoms. The lowest BCUT2D eigenvalue weighted by Crippen LogP contribution is -2.37. The fourth-order valence-electron chi connectivity index (χ4n) is 3.69. The lowest BCUT2D eigenvalue weighted by molar-refractivity contribution is -0.125. The second-order valence-electron chi connectivity index (χ2n) is 7.22. The minimum absolute atomic E-state index is 0.0202. The smallest absolute Gasteiger partial charge is 0.246 e. The van der Waals surface area contributed by atoms with Gasteiger partial charge in [0.2, 0.25) is 5.91 Å². The number of nitrogens with zero attached hydrogens (tertiary/aromatic N) is 3. The molecule has 0 aliphatic carbocycles. The van der Waals surface area contributed by atoms with Crippen LogP contribution in [0.5, 0.6) is 11.5 Å². The third-order valence-corrected chi connectivity index (χ3v) is 5.36. The van der Waals surface area contributed by atoms with E-state index in [0.717, 1.165) is 48.9 Å². The molecule has 1 atom stereocenters. The van der Waals surface area contributed by atoms with Crippen molar-refractivity contribution in [2.45, 2.75) is 19.4 Å². The molecule has 4 rings (SSSR count). The molecule has 0 saturated carbocycles. The zero-order valence-corrected chi connectivity index (χ0v) is 16.1. The summed E-state index contributed by atoms with van der Waals surface area (Å²) in [6.45, 7) is 7.97. The minimum atomic E-state index is 0.0202. The molecular weight excluding hydrogens is 350 g/mol. The number of benzene rings is 2. The zero-order valence-electron chi connectivity index (χ0n) is 16.1. The van der Waals surface area contributed by atoms with Crippen molar-refractivity contribution in [2.75, 3.05) is 24.7 Å². The number of ether oxygens (including phenoxy) is 1. The predicted molar refractivity (Wildman–Crippen MR) is 111 cm³/mol. The summed E-state index contributed by atoms with van der Waals surface area (Å²) in [5.74, 6) is 1.72. The van der Waals surface area contributed by atoms with Gasteiger partial charge in [-0.15, -0.1) is 0 Å². The van der Waals surface area contributed by atoms with Gasteiger partial charge in [0.1, 0.15) is 11.5 Å². The maximum absolute atomic E-state index is 11.8. The molecule has 1 amide bonds. The summed E-state index contributed by atoms with van der Waals surface area (Å²) in [7, 11) is 0. The fraction of sp³-hybridized carbons (Fsp3) is 0.261. The van der Waals surface area contributed by atoms with Crippen molar-refractivity contribution in [3.05, 3.63) is 79.1 Å². The van der Waals surface area contributed by atoms with Crippen LogP contribution < -0.4 is 9.64 Å². The number of hydrogen-bond donors (Lipinski definition) is 0. The molecule has 5 heteroatoms. The van der Waals surface area contributed by atoms with E-state index < -0.39 is 0 Å². The lowest BCUT2D eigenvalue weighted by atomic mass is 10.2. The normalized spacial score (nSPS) is 18.6. The van der Waals surface area contributed by atoms with Crippen LogP contribution >= 0.6 is 0 Å². The van der Waals surface area contributed by atoms with Crippen molar-refractivity contribution < 1.29 is 9.53 Å². The van der Waals surface area contributed by atoms with Crippen molar-refractivity contribution in [3.8, 4) is 11.5 Å². The molecule has 2 aliphatic rings. The molecule has 1 unspecified atom stereocenters. The predicted octanol–water partition coefficient (Wildman–Crippen LogP) is 4.12. The Balaban J connectivity index is 1.36. The molecule has 0 N–H and O–H groups in total. The van der Waals surface area contributed by atoms with Crippen LogP contribution in [0.1, 0.15) is 12.0 Å². The first kappa shape index (κ1) is 18.2.